The molecule has 77 heavy (non-hydrogen) atoms. The second-order valence-electron chi connectivity index (χ2n) is 21.7. The molecule has 0 atom stereocenters. The lowest BCUT2D eigenvalue weighted by molar-refractivity contribution is 0.670. The first-order valence-electron chi connectivity index (χ1n) is 26.6. The van der Waals surface area contributed by atoms with Gasteiger partial charge >= 0.3 is 0 Å². The molecule has 0 unspecified atom stereocenters. The van der Waals surface area contributed by atoms with E-state index in [9.17, 15) is 10.5 Å². The predicted molar refractivity (Wildman–Crippen MR) is 306 cm³/mol. The second-order valence-corrected chi connectivity index (χ2v) is 21.7. The fraction of sp³-hybridized carbons (Fsp3) is 0.0556. The number of nitriles is 2. The summed E-state index contributed by atoms with van der Waals surface area (Å²) >= 11 is 0. The van der Waals surface area contributed by atoms with Gasteiger partial charge in [-0.25, -0.2) is 0 Å². The number of hydrogen-bond donors (Lipinski definition) is 0. The van der Waals surface area contributed by atoms with Gasteiger partial charge < -0.3 is 13.2 Å². The highest BCUT2D eigenvalue weighted by atomic mass is 16.3. The lowest BCUT2D eigenvalue weighted by atomic mass is 9.59. The van der Waals surface area contributed by atoms with E-state index in [1.165, 1.54) is 55.6 Å². The SMILES string of the molecule is N#Cc1cc2c(c3c1C1c4ccccc4C3c3ccccc31)c1c(-c3cccc4c3oc3ccccc34)cc(-c3cccc4c3oc3ccccc34)c3c4c5c(c(C#N)cc4n2c13)C1c2ccccc2C5c2ccccc21. The van der Waals surface area contributed by atoms with Crippen molar-refractivity contribution in [2.24, 2.45) is 0 Å². The van der Waals surface area contributed by atoms with Gasteiger partial charge in [-0.2, -0.15) is 10.5 Å². The molecule has 0 saturated carbocycles. The molecule has 0 amide bonds. The summed E-state index contributed by atoms with van der Waals surface area (Å²) < 4.78 is 16.6. The van der Waals surface area contributed by atoms with Crippen LogP contribution in [0.25, 0.3) is 104 Å². The smallest absolute Gasteiger partial charge is 0.143 e. The molecule has 0 spiro atoms. The fourth-order valence-corrected chi connectivity index (χ4v) is 15.9. The molecule has 15 aromatic rings. The minimum atomic E-state index is -0.139. The normalized spacial score (nSPS) is 17.3. The Morgan fingerprint density at radius 3 is 1.04 bits per heavy atom. The van der Waals surface area contributed by atoms with E-state index in [4.69, 9.17) is 8.83 Å². The van der Waals surface area contributed by atoms with Gasteiger partial charge in [-0.1, -0.05) is 170 Å². The molecule has 4 bridgehead atoms. The fourth-order valence-electron chi connectivity index (χ4n) is 15.9. The summed E-state index contributed by atoms with van der Waals surface area (Å²) in [7, 11) is 0. The van der Waals surface area contributed by atoms with Gasteiger partial charge in [-0.05, 0) is 108 Å². The van der Waals surface area contributed by atoms with E-state index in [1.54, 1.807) is 0 Å². The maximum atomic E-state index is 11.7. The van der Waals surface area contributed by atoms with Gasteiger partial charge in [-0.3, -0.25) is 0 Å². The number of aromatic nitrogens is 1. The summed E-state index contributed by atoms with van der Waals surface area (Å²) in [5.74, 6) is -0.537. The number of furan rings is 2. The van der Waals surface area contributed by atoms with Crippen molar-refractivity contribution in [2.45, 2.75) is 23.7 Å². The average molecular weight is 976 g/mol. The van der Waals surface area contributed by atoms with Crippen molar-refractivity contribution < 1.29 is 8.83 Å². The quantitative estimate of drug-likeness (QED) is 0.173. The Kier molecular flexibility index (Phi) is 7.28. The Balaban J connectivity index is 1.09. The molecule has 4 heterocycles. The van der Waals surface area contributed by atoms with E-state index < -0.39 is 0 Å². The van der Waals surface area contributed by atoms with Crippen LogP contribution in [0.5, 0.6) is 0 Å². The Labute approximate surface area is 439 Å². The van der Waals surface area contributed by atoms with E-state index in [1.807, 2.05) is 12.1 Å². The minimum absolute atomic E-state index is 0.130. The van der Waals surface area contributed by atoms with Crippen LogP contribution in [0.1, 0.15) is 102 Å². The number of hydrogen-bond acceptors (Lipinski definition) is 4. The van der Waals surface area contributed by atoms with Gasteiger partial charge in [0.2, 0.25) is 0 Å². The average Bonchev–Trinajstić information content (AvgIpc) is 4.45. The summed E-state index contributed by atoms with van der Waals surface area (Å²) in [6, 6.07) is 77.9. The van der Waals surface area contributed by atoms with Crippen LogP contribution in [0, 0.1) is 22.7 Å². The lowest BCUT2D eigenvalue weighted by Gasteiger charge is -2.43. The molecular formula is C72H37N3O2. The maximum Gasteiger partial charge on any atom is 0.143 e. The summed E-state index contributed by atoms with van der Waals surface area (Å²) in [4.78, 5) is 0. The topological polar surface area (TPSA) is 78.3 Å². The van der Waals surface area contributed by atoms with Crippen LogP contribution in [-0.2, 0) is 0 Å². The van der Waals surface area contributed by atoms with Gasteiger partial charge in [-0.15, -0.1) is 0 Å². The summed E-state index contributed by atoms with van der Waals surface area (Å²) in [5, 5.41) is 32.0. The van der Waals surface area contributed by atoms with Crippen LogP contribution in [-0.4, -0.2) is 4.40 Å². The third kappa shape index (κ3) is 4.66. The zero-order valence-electron chi connectivity index (χ0n) is 41.0. The Morgan fingerprint density at radius 1 is 0.325 bits per heavy atom. The van der Waals surface area contributed by atoms with Crippen LogP contribution in [0.2, 0.25) is 0 Å². The zero-order valence-corrected chi connectivity index (χ0v) is 41.0. The molecule has 21 rings (SSSR count). The van der Waals surface area contributed by atoms with Crippen molar-refractivity contribution in [2.75, 3.05) is 0 Å². The molecular weight excluding hydrogens is 939 g/mol. The first-order chi connectivity index (χ1) is 38.2. The second kappa shape index (κ2) is 13.9. The third-order valence-electron chi connectivity index (χ3n) is 18.5. The van der Waals surface area contributed by atoms with Gasteiger partial charge in [0, 0.05) is 77.9 Å². The number of para-hydroxylation sites is 4. The van der Waals surface area contributed by atoms with Crippen LogP contribution < -0.4 is 0 Å². The lowest BCUT2D eigenvalue weighted by Crippen LogP contribution is -2.28. The van der Waals surface area contributed by atoms with Gasteiger partial charge in [0.1, 0.15) is 22.3 Å². The molecule has 0 radical (unpaired) electrons. The molecule has 0 fully saturated rings. The zero-order chi connectivity index (χ0) is 50.1. The van der Waals surface area contributed by atoms with Crippen molar-refractivity contribution in [3.63, 3.8) is 0 Å². The molecule has 5 nitrogen and oxygen atoms in total. The molecule has 0 aliphatic heterocycles. The van der Waals surface area contributed by atoms with E-state index in [0.29, 0.717) is 11.1 Å². The van der Waals surface area contributed by atoms with Crippen LogP contribution >= 0.6 is 0 Å². The molecule has 352 valence electrons. The predicted octanol–water partition coefficient (Wildman–Crippen LogP) is 17.7. The van der Waals surface area contributed by atoms with Crippen molar-refractivity contribution >= 4 is 82.0 Å². The molecule has 5 heteroatoms. The Bertz CT molecular complexity index is 4940. The number of rotatable bonds is 2. The first-order valence-corrected chi connectivity index (χ1v) is 26.6. The van der Waals surface area contributed by atoms with E-state index in [0.717, 1.165) is 115 Å². The first kappa shape index (κ1) is 40.2. The van der Waals surface area contributed by atoms with Crippen molar-refractivity contribution in [1.82, 2.24) is 4.40 Å². The van der Waals surface area contributed by atoms with Crippen molar-refractivity contribution in [3.05, 3.63) is 278 Å². The summed E-state index contributed by atoms with van der Waals surface area (Å²) in [6.45, 7) is 0. The molecule has 0 saturated heterocycles. The van der Waals surface area contributed by atoms with E-state index in [-0.39, 0.29) is 23.7 Å². The van der Waals surface area contributed by atoms with Gasteiger partial charge in [0.15, 0.2) is 0 Å². The Morgan fingerprint density at radius 2 is 0.662 bits per heavy atom. The van der Waals surface area contributed by atoms with Crippen LogP contribution in [0.4, 0.5) is 0 Å². The summed E-state index contributed by atoms with van der Waals surface area (Å²) in [5.41, 5.74) is 26.4. The van der Waals surface area contributed by atoms with Crippen molar-refractivity contribution in [1.29, 1.82) is 10.5 Å². The highest BCUT2D eigenvalue weighted by Crippen LogP contribution is 2.64. The molecule has 6 aliphatic rings. The molecule has 6 aliphatic carbocycles. The van der Waals surface area contributed by atoms with Gasteiger partial charge in [0.25, 0.3) is 0 Å². The highest BCUT2D eigenvalue weighted by Gasteiger charge is 2.47. The van der Waals surface area contributed by atoms with Gasteiger partial charge in [0.05, 0.1) is 39.8 Å². The third-order valence-corrected chi connectivity index (χ3v) is 18.5. The standard InChI is InChI=1S/C72H37N3O2/c73-34-36-31-54-66(68-58(36)60-40-17-1-5-21-44(40)62(68)45-22-6-2-18-41(45)60)64-52(50-27-13-25-48-38-15-9-11-29-56(38)76-71(48)50)33-53(51-28-14-26-49-39-16-10-12-30-57(39)77-72(49)51)65-67-55(75(54)70(64)65)32-37(35-74)59-61-42-19-3-7-23-46(42)63(69(59)67)47-24-8-4-20-43(47)61/h1-33,60-63H. The van der Waals surface area contributed by atoms with E-state index in [2.05, 4.69) is 205 Å². The number of fused-ring (bicyclic) bond motifs is 12. The number of benzene rings is 11. The van der Waals surface area contributed by atoms with E-state index >= 15 is 0 Å². The Hall–Kier alpha value is -10.2. The highest BCUT2D eigenvalue weighted by molar-refractivity contribution is 6.34. The van der Waals surface area contributed by atoms with Crippen LogP contribution in [0.3, 0.4) is 0 Å². The van der Waals surface area contributed by atoms with Crippen LogP contribution in [0.15, 0.2) is 209 Å². The van der Waals surface area contributed by atoms with Crippen molar-refractivity contribution in [3.8, 4) is 34.4 Å². The number of nitrogens with zero attached hydrogens (tertiary/aromatic N) is 3. The molecule has 4 aromatic heterocycles. The molecule has 11 aromatic carbocycles. The molecule has 0 N–H and O–H groups in total. The maximum absolute atomic E-state index is 11.7. The summed E-state index contributed by atoms with van der Waals surface area (Å²) in [6.07, 6.45) is 0. The largest absolute Gasteiger partial charge is 0.455 e. The minimum Gasteiger partial charge on any atom is -0.455 e. The monoisotopic (exact) mass is 975 g/mol.